The van der Waals surface area contributed by atoms with Crippen molar-refractivity contribution in [3.8, 4) is 11.5 Å². The first-order valence-electron chi connectivity index (χ1n) is 7.94. The number of halogens is 2. The van der Waals surface area contributed by atoms with Crippen LogP contribution in [-0.4, -0.2) is 24.5 Å². The number of rotatable bonds is 4. The molecule has 136 valence electrons. The molecule has 2 aromatic rings. The minimum absolute atomic E-state index is 0.00170. The van der Waals surface area contributed by atoms with E-state index in [-0.39, 0.29) is 25.0 Å². The smallest absolute Gasteiger partial charge is 0.283 e. The van der Waals surface area contributed by atoms with Gasteiger partial charge in [-0.1, -0.05) is 12.1 Å². The van der Waals surface area contributed by atoms with Crippen LogP contribution in [0.5, 0.6) is 11.5 Å². The van der Waals surface area contributed by atoms with Crippen LogP contribution in [0.1, 0.15) is 12.0 Å². The molecule has 3 rings (SSSR count). The summed E-state index contributed by atoms with van der Waals surface area (Å²) < 4.78 is 37.5. The molecule has 2 amide bonds. The van der Waals surface area contributed by atoms with Crippen LogP contribution in [0, 0.1) is 11.6 Å². The third kappa shape index (κ3) is 4.27. The van der Waals surface area contributed by atoms with Crippen LogP contribution in [-0.2, 0) is 16.0 Å². The minimum Gasteiger partial charge on any atom is -0.485 e. The highest BCUT2D eigenvalue weighted by atomic mass is 19.1. The van der Waals surface area contributed by atoms with E-state index in [4.69, 9.17) is 9.47 Å². The Morgan fingerprint density at radius 3 is 2.65 bits per heavy atom. The number of hydrogen-bond acceptors (Lipinski definition) is 4. The Morgan fingerprint density at radius 1 is 1.08 bits per heavy atom. The van der Waals surface area contributed by atoms with Crippen LogP contribution in [0.15, 0.2) is 42.5 Å². The van der Waals surface area contributed by atoms with E-state index in [1.54, 1.807) is 24.3 Å². The number of amides is 2. The molecule has 2 aromatic carbocycles. The van der Waals surface area contributed by atoms with Gasteiger partial charge in [0, 0.05) is 6.42 Å². The summed E-state index contributed by atoms with van der Waals surface area (Å²) in [6, 6.07) is 9.95. The standard InChI is InChI=1S/C18H16F2N2O4/c19-12-6-7-13(20)11(9-12)5-8-17(23)21-22-18(24)16-10-25-14-3-1-2-4-15(14)26-16/h1-4,6-7,9,16H,5,8,10H2,(H,21,23)(H,22,24). The van der Waals surface area contributed by atoms with E-state index in [0.717, 1.165) is 18.2 Å². The Hall–Kier alpha value is -3.16. The van der Waals surface area contributed by atoms with Gasteiger partial charge in [0.2, 0.25) is 12.0 Å². The lowest BCUT2D eigenvalue weighted by Crippen LogP contribution is -2.50. The van der Waals surface area contributed by atoms with Crippen LogP contribution < -0.4 is 20.3 Å². The SMILES string of the molecule is O=C(CCc1cc(F)ccc1F)NNC(=O)C1COc2ccccc2O1. The molecular formula is C18H16F2N2O4. The van der Waals surface area contributed by atoms with Crippen molar-refractivity contribution in [2.45, 2.75) is 18.9 Å². The summed E-state index contributed by atoms with van der Waals surface area (Å²) in [5.74, 6) is -1.31. The fourth-order valence-corrected chi connectivity index (χ4v) is 2.41. The van der Waals surface area contributed by atoms with Gasteiger partial charge in [0.1, 0.15) is 18.2 Å². The Morgan fingerprint density at radius 2 is 1.85 bits per heavy atom. The van der Waals surface area contributed by atoms with Crippen molar-refractivity contribution < 1.29 is 27.8 Å². The number of hydrogen-bond donors (Lipinski definition) is 2. The highest BCUT2D eigenvalue weighted by Gasteiger charge is 2.27. The van der Waals surface area contributed by atoms with Crippen LogP contribution in [0.2, 0.25) is 0 Å². The van der Waals surface area contributed by atoms with Crippen LogP contribution in [0.3, 0.4) is 0 Å². The van der Waals surface area contributed by atoms with Crippen molar-refractivity contribution in [3.63, 3.8) is 0 Å². The minimum atomic E-state index is -0.911. The summed E-state index contributed by atoms with van der Waals surface area (Å²) in [6.45, 7) is 0.00716. The van der Waals surface area contributed by atoms with Gasteiger partial charge in [-0.05, 0) is 42.3 Å². The average Bonchev–Trinajstić information content (AvgIpc) is 2.66. The first-order valence-corrected chi connectivity index (χ1v) is 7.94. The molecule has 2 N–H and O–H groups in total. The second kappa shape index (κ2) is 7.81. The largest absolute Gasteiger partial charge is 0.485 e. The second-order valence-corrected chi connectivity index (χ2v) is 5.64. The maximum absolute atomic E-state index is 13.5. The van der Waals surface area contributed by atoms with Crippen molar-refractivity contribution in [1.29, 1.82) is 0 Å². The van der Waals surface area contributed by atoms with Gasteiger partial charge in [-0.25, -0.2) is 8.78 Å². The lowest BCUT2D eigenvalue weighted by molar-refractivity contribution is -0.135. The van der Waals surface area contributed by atoms with E-state index in [1.807, 2.05) is 0 Å². The molecule has 0 spiro atoms. The third-order valence-electron chi connectivity index (χ3n) is 3.76. The maximum Gasteiger partial charge on any atom is 0.283 e. The molecule has 0 aromatic heterocycles. The molecule has 8 heteroatoms. The maximum atomic E-state index is 13.5. The number of fused-ring (bicyclic) bond motifs is 1. The molecule has 0 fully saturated rings. The monoisotopic (exact) mass is 362 g/mol. The zero-order chi connectivity index (χ0) is 18.5. The number of benzene rings is 2. The molecule has 1 aliphatic rings. The topological polar surface area (TPSA) is 76.7 Å². The molecule has 0 bridgehead atoms. The summed E-state index contributed by atoms with van der Waals surface area (Å²) >= 11 is 0. The Balaban J connectivity index is 1.46. The second-order valence-electron chi connectivity index (χ2n) is 5.64. The summed E-state index contributed by atoms with van der Waals surface area (Å²) in [5, 5.41) is 0. The van der Waals surface area contributed by atoms with Gasteiger partial charge < -0.3 is 9.47 Å². The molecule has 26 heavy (non-hydrogen) atoms. The van der Waals surface area contributed by atoms with Crippen molar-refractivity contribution in [2.75, 3.05) is 6.61 Å². The Kier molecular flexibility index (Phi) is 5.31. The number of carbonyl (C=O) groups excluding carboxylic acids is 2. The molecule has 0 radical (unpaired) electrons. The van der Waals surface area contributed by atoms with E-state index in [9.17, 15) is 18.4 Å². The van der Waals surface area contributed by atoms with E-state index in [0.29, 0.717) is 11.5 Å². The number of para-hydroxylation sites is 2. The number of aryl methyl sites for hydroxylation is 1. The summed E-state index contributed by atoms with van der Waals surface area (Å²) in [5.41, 5.74) is 4.54. The van der Waals surface area contributed by atoms with Crippen LogP contribution in [0.4, 0.5) is 8.78 Å². The summed E-state index contributed by atoms with van der Waals surface area (Å²) in [7, 11) is 0. The Labute approximate surface area is 148 Å². The van der Waals surface area contributed by atoms with Crippen molar-refractivity contribution in [1.82, 2.24) is 10.9 Å². The molecule has 1 aliphatic heterocycles. The predicted molar refractivity (Wildman–Crippen MR) is 87.3 cm³/mol. The summed E-state index contributed by atoms with van der Waals surface area (Å²) in [4.78, 5) is 23.8. The van der Waals surface area contributed by atoms with E-state index in [2.05, 4.69) is 10.9 Å². The van der Waals surface area contributed by atoms with Crippen molar-refractivity contribution in [2.24, 2.45) is 0 Å². The molecule has 1 heterocycles. The van der Waals surface area contributed by atoms with Crippen molar-refractivity contribution >= 4 is 11.8 Å². The van der Waals surface area contributed by atoms with Gasteiger partial charge in [0.15, 0.2) is 11.5 Å². The lowest BCUT2D eigenvalue weighted by Gasteiger charge is -2.25. The highest BCUT2D eigenvalue weighted by molar-refractivity contribution is 5.85. The van der Waals surface area contributed by atoms with Crippen molar-refractivity contribution in [3.05, 3.63) is 59.7 Å². The van der Waals surface area contributed by atoms with Gasteiger partial charge in [-0.2, -0.15) is 0 Å². The van der Waals surface area contributed by atoms with Crippen LogP contribution in [0.25, 0.3) is 0 Å². The van der Waals surface area contributed by atoms with E-state index >= 15 is 0 Å². The molecule has 6 nitrogen and oxygen atoms in total. The van der Waals surface area contributed by atoms with Gasteiger partial charge in [-0.15, -0.1) is 0 Å². The number of ether oxygens (including phenoxy) is 2. The van der Waals surface area contributed by atoms with Gasteiger partial charge in [0.25, 0.3) is 5.91 Å². The van der Waals surface area contributed by atoms with Crippen LogP contribution >= 0.6 is 0 Å². The molecule has 1 atom stereocenters. The van der Waals surface area contributed by atoms with E-state index in [1.165, 1.54) is 0 Å². The first kappa shape index (κ1) is 17.7. The predicted octanol–water partition coefficient (Wildman–Crippen LogP) is 1.88. The van der Waals surface area contributed by atoms with E-state index < -0.39 is 29.6 Å². The van der Waals surface area contributed by atoms with Gasteiger partial charge >= 0.3 is 0 Å². The van der Waals surface area contributed by atoms with Gasteiger partial charge in [0.05, 0.1) is 0 Å². The number of hydrazine groups is 1. The zero-order valence-corrected chi connectivity index (χ0v) is 13.6. The lowest BCUT2D eigenvalue weighted by atomic mass is 10.1. The van der Waals surface area contributed by atoms with Gasteiger partial charge in [-0.3, -0.25) is 20.4 Å². The fraction of sp³-hybridized carbons (Fsp3) is 0.222. The Bertz CT molecular complexity index is 829. The molecule has 1 unspecified atom stereocenters. The number of nitrogens with one attached hydrogen (secondary N) is 2. The number of carbonyl (C=O) groups is 2. The zero-order valence-electron chi connectivity index (χ0n) is 13.6. The summed E-state index contributed by atoms with van der Waals surface area (Å²) in [6.07, 6.45) is -1.03. The average molecular weight is 362 g/mol. The quantitative estimate of drug-likeness (QED) is 0.815. The molecule has 0 saturated heterocycles. The molecule has 0 aliphatic carbocycles. The first-order chi connectivity index (χ1) is 12.5. The normalized spacial score (nSPS) is 15.2. The molecule has 0 saturated carbocycles. The highest BCUT2D eigenvalue weighted by Crippen LogP contribution is 2.30. The third-order valence-corrected chi connectivity index (χ3v) is 3.76. The molecular weight excluding hydrogens is 346 g/mol. The fourth-order valence-electron chi connectivity index (χ4n) is 2.41.